The number of nitrogens with zero attached hydrogens (tertiary/aromatic N) is 4. The molecule has 0 amide bonds. The van der Waals surface area contributed by atoms with Crippen LogP contribution in [0, 0.1) is 17.6 Å². The average molecular weight is 612 g/mol. The number of benzene rings is 2. The van der Waals surface area contributed by atoms with Crippen molar-refractivity contribution in [2.24, 2.45) is 10.9 Å². The van der Waals surface area contributed by atoms with E-state index in [1.807, 2.05) is 19.0 Å². The van der Waals surface area contributed by atoms with Crippen LogP contribution in [0.5, 0.6) is 0 Å². The van der Waals surface area contributed by atoms with E-state index in [0.717, 1.165) is 31.0 Å². The predicted octanol–water partition coefficient (Wildman–Crippen LogP) is 5.17. The third-order valence-corrected chi connectivity index (χ3v) is 10.2. The molecule has 1 atom stereocenters. The van der Waals surface area contributed by atoms with Crippen LogP contribution in [0.25, 0.3) is 0 Å². The van der Waals surface area contributed by atoms with Crippen molar-refractivity contribution in [1.82, 2.24) is 14.5 Å². The quantitative estimate of drug-likeness (QED) is 0.438. The summed E-state index contributed by atoms with van der Waals surface area (Å²) in [6.07, 6.45) is 1.46. The first-order valence-electron chi connectivity index (χ1n) is 13.8. The van der Waals surface area contributed by atoms with E-state index in [9.17, 15) is 21.6 Å². The van der Waals surface area contributed by atoms with Gasteiger partial charge in [-0.05, 0) is 81.5 Å². The highest BCUT2D eigenvalue weighted by Gasteiger charge is 2.50. The first kappa shape index (κ1) is 30.3. The number of aliphatic imine (C=N–C) groups is 1. The number of likely N-dealkylation sites (N-methyl/N-ethyl adjacent to an activating group) is 2. The number of halogens is 5. The Morgan fingerprint density at radius 1 is 1.10 bits per heavy atom. The molecule has 2 fully saturated rings. The molecule has 0 spiro atoms. The zero-order valence-electron chi connectivity index (χ0n) is 23.6. The number of hydrogen-bond acceptors (Lipinski definition) is 6. The second-order valence-electron chi connectivity index (χ2n) is 11.6. The Bertz CT molecular complexity index is 1480. The van der Waals surface area contributed by atoms with Gasteiger partial charge in [0.2, 0.25) is 0 Å². The molecular formula is C29H34F5N5O2S. The summed E-state index contributed by atoms with van der Waals surface area (Å²) in [6, 6.07) is 7.56. The van der Waals surface area contributed by atoms with E-state index in [0.29, 0.717) is 38.0 Å². The number of hydrogen-bond donors (Lipinski definition) is 1. The molecule has 13 heteroatoms. The molecule has 1 saturated carbocycles. The maximum Gasteiger partial charge on any atom is 0.416 e. The van der Waals surface area contributed by atoms with Crippen LogP contribution in [0.1, 0.15) is 42.7 Å². The first-order chi connectivity index (χ1) is 19.7. The molecule has 1 saturated heterocycles. The fourth-order valence-corrected chi connectivity index (χ4v) is 7.52. The summed E-state index contributed by atoms with van der Waals surface area (Å²) in [6.45, 7) is 1.35. The SMILES string of the molecule is CN1C=NC(NS(=O)(=O)c2c(F)cc(N3CCCC(C4CC(c5cccc(C(F)(F)F)c5)C4)(N(C)C)C3)cc2F)=CC1. The highest BCUT2D eigenvalue weighted by atomic mass is 32.2. The molecule has 2 aromatic rings. The van der Waals surface area contributed by atoms with Crippen molar-refractivity contribution in [3.63, 3.8) is 0 Å². The van der Waals surface area contributed by atoms with Gasteiger partial charge in [-0.1, -0.05) is 18.2 Å². The summed E-state index contributed by atoms with van der Waals surface area (Å²) in [4.78, 5) is 8.54. The van der Waals surface area contributed by atoms with E-state index >= 15 is 8.78 Å². The summed E-state index contributed by atoms with van der Waals surface area (Å²) in [5.74, 6) is -2.27. The van der Waals surface area contributed by atoms with Crippen molar-refractivity contribution in [2.45, 2.75) is 48.2 Å². The molecule has 3 aliphatic rings. The molecular weight excluding hydrogens is 577 g/mol. The Hall–Kier alpha value is -3.19. The zero-order chi connectivity index (χ0) is 30.4. The lowest BCUT2D eigenvalue weighted by molar-refractivity contribution is -0.137. The standard InChI is InChI=1S/C29H34F5N5O2S/c1-37(2)28(22-13-20(14-22)19-6-4-7-21(12-19)29(32,33)34)9-5-10-39(17-28)23-15-24(30)27(25(31)16-23)42(40,41)36-26-8-11-38(3)18-35-26/h4,6-8,12,15-16,18,20,22,36H,5,9-11,13-14,17H2,1-3H3. The minimum Gasteiger partial charge on any atom is -0.369 e. The van der Waals surface area contributed by atoms with Crippen molar-refractivity contribution < 1.29 is 30.4 Å². The van der Waals surface area contributed by atoms with E-state index in [2.05, 4.69) is 14.6 Å². The lowest BCUT2D eigenvalue weighted by Gasteiger charge is -2.57. The zero-order valence-corrected chi connectivity index (χ0v) is 24.4. The van der Waals surface area contributed by atoms with Gasteiger partial charge in [-0.25, -0.2) is 22.2 Å². The third-order valence-electron chi connectivity index (χ3n) is 8.80. The van der Waals surface area contributed by atoms with E-state index in [1.165, 1.54) is 24.5 Å². The number of sulfonamides is 1. The molecule has 228 valence electrons. The van der Waals surface area contributed by atoms with Gasteiger partial charge >= 0.3 is 6.18 Å². The summed E-state index contributed by atoms with van der Waals surface area (Å²) < 4.78 is 98.2. The monoisotopic (exact) mass is 611 g/mol. The molecule has 1 aliphatic carbocycles. The molecule has 5 rings (SSSR count). The minimum absolute atomic E-state index is 0.000364. The number of alkyl halides is 3. The van der Waals surface area contributed by atoms with Crippen molar-refractivity contribution >= 4 is 22.0 Å². The fraction of sp³-hybridized carbons (Fsp3) is 0.483. The molecule has 0 radical (unpaired) electrons. The Labute approximate surface area is 242 Å². The lowest BCUT2D eigenvalue weighted by atomic mass is 9.60. The van der Waals surface area contributed by atoms with Crippen LogP contribution in [-0.4, -0.2) is 70.9 Å². The molecule has 0 bridgehead atoms. The number of rotatable bonds is 7. The number of nitrogens with one attached hydrogen (secondary N) is 1. The minimum atomic E-state index is -4.57. The largest absolute Gasteiger partial charge is 0.416 e. The van der Waals surface area contributed by atoms with Crippen molar-refractivity contribution in [2.75, 3.05) is 45.7 Å². The maximum absolute atomic E-state index is 15.3. The first-order valence-corrected chi connectivity index (χ1v) is 15.2. The van der Waals surface area contributed by atoms with Crippen LogP contribution in [0.15, 0.2) is 58.2 Å². The van der Waals surface area contributed by atoms with Crippen molar-refractivity contribution in [3.05, 3.63) is 71.1 Å². The fourth-order valence-electron chi connectivity index (χ4n) is 6.38. The van der Waals surface area contributed by atoms with Crippen molar-refractivity contribution in [1.29, 1.82) is 0 Å². The average Bonchev–Trinajstić information content (AvgIpc) is 2.88. The summed E-state index contributed by atoms with van der Waals surface area (Å²) in [7, 11) is 1.07. The molecule has 0 aromatic heterocycles. The second-order valence-corrected chi connectivity index (χ2v) is 13.2. The smallest absolute Gasteiger partial charge is 0.369 e. The second kappa shape index (κ2) is 11.1. The Kier molecular flexibility index (Phi) is 8.03. The number of piperidine rings is 1. The van der Waals surface area contributed by atoms with E-state index in [4.69, 9.17) is 0 Å². The molecule has 2 aliphatic heterocycles. The van der Waals surface area contributed by atoms with Gasteiger partial charge < -0.3 is 14.7 Å². The van der Waals surface area contributed by atoms with Crippen molar-refractivity contribution in [3.8, 4) is 0 Å². The molecule has 42 heavy (non-hydrogen) atoms. The van der Waals surface area contributed by atoms with E-state index in [1.54, 1.807) is 18.0 Å². The van der Waals surface area contributed by atoms with Gasteiger partial charge in [-0.3, -0.25) is 4.72 Å². The molecule has 7 nitrogen and oxygen atoms in total. The Balaban J connectivity index is 1.34. The summed E-state index contributed by atoms with van der Waals surface area (Å²) in [5, 5.41) is 0. The topological polar surface area (TPSA) is 68.2 Å². The van der Waals surface area contributed by atoms with Crippen LogP contribution in [-0.2, 0) is 16.2 Å². The highest BCUT2D eigenvalue weighted by Crippen LogP contribution is 2.52. The Morgan fingerprint density at radius 2 is 1.79 bits per heavy atom. The summed E-state index contributed by atoms with van der Waals surface area (Å²) >= 11 is 0. The molecule has 2 heterocycles. The van der Waals surface area contributed by atoms with E-state index in [-0.39, 0.29) is 28.9 Å². The Morgan fingerprint density at radius 3 is 2.38 bits per heavy atom. The van der Waals surface area contributed by atoms with Crippen LogP contribution in [0.4, 0.5) is 27.6 Å². The van der Waals surface area contributed by atoms with E-state index < -0.39 is 38.3 Å². The van der Waals surface area contributed by atoms with Gasteiger partial charge in [0, 0.05) is 37.9 Å². The van der Waals surface area contributed by atoms with Crippen LogP contribution in [0.3, 0.4) is 0 Å². The lowest BCUT2D eigenvalue weighted by Crippen LogP contribution is -2.62. The normalized spacial score (nSPS) is 24.9. The van der Waals surface area contributed by atoms with Gasteiger partial charge in [-0.2, -0.15) is 13.2 Å². The number of anilines is 1. The van der Waals surface area contributed by atoms with Gasteiger partial charge in [0.05, 0.1) is 11.9 Å². The third kappa shape index (κ3) is 5.85. The van der Waals surface area contributed by atoms with Gasteiger partial charge in [0.1, 0.15) is 17.5 Å². The van der Waals surface area contributed by atoms with Gasteiger partial charge in [0.25, 0.3) is 10.0 Å². The highest BCUT2D eigenvalue weighted by molar-refractivity contribution is 7.89. The summed E-state index contributed by atoms with van der Waals surface area (Å²) in [5.41, 5.74) is -0.122. The predicted molar refractivity (Wildman–Crippen MR) is 151 cm³/mol. The molecule has 1 N–H and O–H groups in total. The van der Waals surface area contributed by atoms with Crippen LogP contribution >= 0.6 is 0 Å². The molecule has 2 aromatic carbocycles. The van der Waals surface area contributed by atoms with Gasteiger partial charge in [0.15, 0.2) is 4.90 Å². The maximum atomic E-state index is 15.3. The molecule has 1 unspecified atom stereocenters. The van der Waals surface area contributed by atoms with Crippen LogP contribution in [0.2, 0.25) is 0 Å². The van der Waals surface area contributed by atoms with Gasteiger partial charge in [-0.15, -0.1) is 0 Å². The van der Waals surface area contributed by atoms with Crippen LogP contribution < -0.4 is 9.62 Å².